The maximum absolute atomic E-state index is 5.54. The minimum atomic E-state index is 0.432. The first kappa shape index (κ1) is 15.9. The molecule has 2 nitrogen and oxygen atoms in total. The number of hydrogen-bond acceptors (Lipinski definition) is 2. The molecule has 0 aliphatic carbocycles. The molecule has 4 rings (SSSR count). The van der Waals surface area contributed by atoms with E-state index in [2.05, 4.69) is 72.6 Å². The molecule has 126 valence electrons. The summed E-state index contributed by atoms with van der Waals surface area (Å²) >= 11 is 0. The number of hydrogen-bond donors (Lipinski definition) is 0. The maximum atomic E-state index is 5.54. The lowest BCUT2D eigenvalue weighted by Gasteiger charge is -2.33. The van der Waals surface area contributed by atoms with Gasteiger partial charge in [-0.15, -0.1) is 0 Å². The Kier molecular flexibility index (Phi) is 4.29. The minimum absolute atomic E-state index is 0.432. The zero-order valence-corrected chi connectivity index (χ0v) is 14.8. The van der Waals surface area contributed by atoms with Crippen LogP contribution in [0.15, 0.2) is 72.8 Å². The van der Waals surface area contributed by atoms with Crippen molar-refractivity contribution in [3.05, 3.63) is 89.5 Å². The van der Waals surface area contributed by atoms with Gasteiger partial charge in [0.15, 0.2) is 0 Å². The Morgan fingerprint density at radius 3 is 2.48 bits per heavy atom. The third kappa shape index (κ3) is 3.06. The first-order valence-electron chi connectivity index (χ1n) is 8.76. The molecule has 1 aliphatic rings. The van der Waals surface area contributed by atoms with Crippen LogP contribution in [0.25, 0.3) is 11.1 Å². The summed E-state index contributed by atoms with van der Waals surface area (Å²) in [6.45, 7) is 2.05. The average molecular weight is 329 g/mol. The van der Waals surface area contributed by atoms with Gasteiger partial charge >= 0.3 is 0 Å². The average Bonchev–Trinajstić information content (AvgIpc) is 2.67. The predicted molar refractivity (Wildman–Crippen MR) is 103 cm³/mol. The summed E-state index contributed by atoms with van der Waals surface area (Å²) in [5.41, 5.74) is 6.62. The van der Waals surface area contributed by atoms with Crippen LogP contribution in [0.5, 0.6) is 5.75 Å². The van der Waals surface area contributed by atoms with E-state index in [0.29, 0.717) is 5.92 Å². The molecular weight excluding hydrogens is 306 g/mol. The van der Waals surface area contributed by atoms with Gasteiger partial charge in [-0.2, -0.15) is 0 Å². The van der Waals surface area contributed by atoms with Crippen LogP contribution in [-0.4, -0.2) is 25.6 Å². The molecule has 3 aromatic carbocycles. The van der Waals surface area contributed by atoms with Crippen molar-refractivity contribution in [1.82, 2.24) is 4.90 Å². The van der Waals surface area contributed by atoms with Gasteiger partial charge in [-0.1, -0.05) is 60.7 Å². The number of methoxy groups -OCH3 is 1. The second-order valence-electron chi connectivity index (χ2n) is 6.77. The Labute approximate surface area is 149 Å². The van der Waals surface area contributed by atoms with Crippen molar-refractivity contribution >= 4 is 0 Å². The summed E-state index contributed by atoms with van der Waals surface area (Å²) < 4.78 is 5.54. The van der Waals surface area contributed by atoms with Crippen molar-refractivity contribution in [3.8, 4) is 16.9 Å². The number of likely N-dealkylation sites (N-methyl/N-ethyl adjacent to an activating group) is 1. The zero-order valence-electron chi connectivity index (χ0n) is 14.8. The van der Waals surface area contributed by atoms with Crippen LogP contribution in [0.1, 0.15) is 22.6 Å². The van der Waals surface area contributed by atoms with E-state index < -0.39 is 0 Å². The van der Waals surface area contributed by atoms with E-state index in [1.807, 2.05) is 12.1 Å². The zero-order chi connectivity index (χ0) is 17.2. The molecular formula is C23H23NO. The second kappa shape index (κ2) is 6.73. The summed E-state index contributed by atoms with van der Waals surface area (Å²) in [7, 11) is 3.94. The third-order valence-corrected chi connectivity index (χ3v) is 5.07. The van der Waals surface area contributed by atoms with E-state index in [1.54, 1.807) is 7.11 Å². The van der Waals surface area contributed by atoms with Gasteiger partial charge in [0, 0.05) is 24.6 Å². The van der Waals surface area contributed by atoms with Crippen molar-refractivity contribution in [1.29, 1.82) is 0 Å². The van der Waals surface area contributed by atoms with E-state index in [-0.39, 0.29) is 0 Å². The number of ether oxygens (including phenoxy) is 1. The molecule has 1 atom stereocenters. The Morgan fingerprint density at radius 2 is 1.68 bits per heavy atom. The molecule has 0 saturated heterocycles. The highest BCUT2D eigenvalue weighted by molar-refractivity contribution is 5.71. The van der Waals surface area contributed by atoms with Crippen LogP contribution in [0.4, 0.5) is 0 Å². The van der Waals surface area contributed by atoms with Gasteiger partial charge in [-0.25, -0.2) is 0 Å². The van der Waals surface area contributed by atoms with Crippen molar-refractivity contribution < 1.29 is 4.74 Å². The molecule has 25 heavy (non-hydrogen) atoms. The summed E-state index contributed by atoms with van der Waals surface area (Å²) in [4.78, 5) is 2.41. The maximum Gasteiger partial charge on any atom is 0.126 e. The smallest absolute Gasteiger partial charge is 0.126 e. The van der Waals surface area contributed by atoms with E-state index in [9.17, 15) is 0 Å². The summed E-state index contributed by atoms with van der Waals surface area (Å²) in [5, 5.41) is 0. The standard InChI is InChI=1S/C23H23NO/c1-24-15-19-14-18(21-10-6-7-11-23(21)25-2)12-13-20(19)22(16-24)17-8-4-3-5-9-17/h3-14,22H,15-16H2,1-2H3. The van der Waals surface area contributed by atoms with Crippen LogP contribution in [0.2, 0.25) is 0 Å². The van der Waals surface area contributed by atoms with Crippen LogP contribution in [0.3, 0.4) is 0 Å². The van der Waals surface area contributed by atoms with Crippen molar-refractivity contribution in [2.75, 3.05) is 20.7 Å². The van der Waals surface area contributed by atoms with Crippen molar-refractivity contribution in [3.63, 3.8) is 0 Å². The molecule has 0 radical (unpaired) electrons. The lowest BCUT2D eigenvalue weighted by molar-refractivity contribution is 0.295. The minimum Gasteiger partial charge on any atom is -0.496 e. The monoisotopic (exact) mass is 329 g/mol. The topological polar surface area (TPSA) is 12.5 Å². The normalized spacial score (nSPS) is 17.1. The van der Waals surface area contributed by atoms with Crippen LogP contribution in [-0.2, 0) is 6.54 Å². The van der Waals surface area contributed by atoms with Crippen LogP contribution < -0.4 is 4.74 Å². The summed E-state index contributed by atoms with van der Waals surface area (Å²) in [6, 6.07) is 25.9. The van der Waals surface area contributed by atoms with Crippen molar-refractivity contribution in [2.24, 2.45) is 0 Å². The molecule has 0 amide bonds. The SMILES string of the molecule is COc1ccccc1-c1ccc2c(c1)CN(C)CC2c1ccccc1. The van der Waals surface area contributed by atoms with Gasteiger partial charge in [0.2, 0.25) is 0 Å². The Morgan fingerprint density at radius 1 is 0.920 bits per heavy atom. The van der Waals surface area contributed by atoms with Gasteiger partial charge in [-0.3, -0.25) is 0 Å². The number of benzene rings is 3. The number of rotatable bonds is 3. The van der Waals surface area contributed by atoms with Gasteiger partial charge < -0.3 is 9.64 Å². The molecule has 0 fully saturated rings. The fraction of sp³-hybridized carbons (Fsp3) is 0.217. The van der Waals surface area contributed by atoms with Crippen molar-refractivity contribution in [2.45, 2.75) is 12.5 Å². The molecule has 1 aliphatic heterocycles. The Bertz CT molecular complexity index is 872. The molecule has 3 aromatic rings. The Hall–Kier alpha value is -2.58. The van der Waals surface area contributed by atoms with Crippen LogP contribution in [0, 0.1) is 0 Å². The summed E-state index contributed by atoms with van der Waals surface area (Å²) in [6.07, 6.45) is 0. The summed E-state index contributed by atoms with van der Waals surface area (Å²) in [5.74, 6) is 1.35. The van der Waals surface area contributed by atoms with E-state index in [1.165, 1.54) is 22.3 Å². The lowest BCUT2D eigenvalue weighted by atomic mass is 9.83. The van der Waals surface area contributed by atoms with Gasteiger partial charge in [0.25, 0.3) is 0 Å². The molecule has 1 unspecified atom stereocenters. The predicted octanol–water partition coefficient (Wildman–Crippen LogP) is 4.94. The number of para-hydroxylation sites is 1. The third-order valence-electron chi connectivity index (χ3n) is 5.07. The fourth-order valence-electron chi connectivity index (χ4n) is 3.87. The van der Waals surface area contributed by atoms with E-state index >= 15 is 0 Å². The van der Waals surface area contributed by atoms with Gasteiger partial charge in [0.05, 0.1) is 7.11 Å². The highest BCUT2D eigenvalue weighted by atomic mass is 16.5. The molecule has 2 heteroatoms. The Balaban J connectivity index is 1.78. The quantitative estimate of drug-likeness (QED) is 0.675. The molecule has 0 N–H and O–H groups in total. The second-order valence-corrected chi connectivity index (χ2v) is 6.77. The first-order valence-corrected chi connectivity index (χ1v) is 8.76. The molecule has 0 spiro atoms. The highest BCUT2D eigenvalue weighted by Crippen LogP contribution is 2.37. The fourth-order valence-corrected chi connectivity index (χ4v) is 3.87. The number of nitrogens with zero attached hydrogens (tertiary/aromatic N) is 1. The first-order chi connectivity index (χ1) is 12.3. The largest absolute Gasteiger partial charge is 0.496 e. The molecule has 0 saturated carbocycles. The lowest BCUT2D eigenvalue weighted by Crippen LogP contribution is -2.30. The van der Waals surface area contributed by atoms with E-state index in [4.69, 9.17) is 4.74 Å². The molecule has 0 aromatic heterocycles. The molecule has 0 bridgehead atoms. The number of fused-ring (bicyclic) bond motifs is 1. The molecule has 1 heterocycles. The van der Waals surface area contributed by atoms with Gasteiger partial charge in [-0.05, 0) is 41.4 Å². The van der Waals surface area contributed by atoms with E-state index in [0.717, 1.165) is 24.4 Å². The highest BCUT2D eigenvalue weighted by Gasteiger charge is 2.25. The van der Waals surface area contributed by atoms with Crippen LogP contribution >= 0.6 is 0 Å². The van der Waals surface area contributed by atoms with Gasteiger partial charge in [0.1, 0.15) is 5.75 Å².